The molecule has 110 valence electrons. The lowest BCUT2D eigenvalue weighted by Crippen LogP contribution is -2.07. The summed E-state index contributed by atoms with van der Waals surface area (Å²) in [5.74, 6) is 5.88. The maximum atomic E-state index is 11.3. The lowest BCUT2D eigenvalue weighted by Gasteiger charge is -2.10. The molecule has 0 spiro atoms. The summed E-state index contributed by atoms with van der Waals surface area (Å²) in [7, 11) is 1.32. The summed E-state index contributed by atoms with van der Waals surface area (Å²) in [6, 6.07) is 9.64. The number of rotatable bonds is 4. The number of carbonyl (C=O) groups is 1. The maximum absolute atomic E-state index is 11.3. The van der Waals surface area contributed by atoms with Gasteiger partial charge in [-0.1, -0.05) is 23.2 Å². The second-order valence-electron chi connectivity index (χ2n) is 4.02. The Morgan fingerprint density at radius 2 is 1.67 bits per heavy atom. The standard InChI is InChI=1S/C14H12Cl2N2O3/c1-20-14(19)8-2-4-9(5-3-8)21-10-6-11(15)13(18-17)12(16)7-10/h2-7,18H,17H2,1H3. The van der Waals surface area contributed by atoms with Gasteiger partial charge in [0.25, 0.3) is 0 Å². The van der Waals surface area contributed by atoms with Crippen LogP contribution in [0.5, 0.6) is 11.5 Å². The molecule has 0 aliphatic rings. The molecule has 0 unspecified atom stereocenters. The van der Waals surface area contributed by atoms with Gasteiger partial charge in [-0.2, -0.15) is 0 Å². The van der Waals surface area contributed by atoms with Crippen molar-refractivity contribution in [2.24, 2.45) is 5.84 Å². The molecule has 0 heterocycles. The van der Waals surface area contributed by atoms with Crippen LogP contribution in [0.25, 0.3) is 0 Å². The average molecular weight is 327 g/mol. The van der Waals surface area contributed by atoms with Gasteiger partial charge in [-0.3, -0.25) is 5.84 Å². The first-order valence-electron chi connectivity index (χ1n) is 5.87. The summed E-state index contributed by atoms with van der Waals surface area (Å²) >= 11 is 12.0. The first-order chi connectivity index (χ1) is 10.0. The van der Waals surface area contributed by atoms with E-state index >= 15 is 0 Å². The van der Waals surface area contributed by atoms with Gasteiger partial charge in [0.1, 0.15) is 11.5 Å². The summed E-state index contributed by atoms with van der Waals surface area (Å²) in [5, 5.41) is 0.678. The van der Waals surface area contributed by atoms with Crippen LogP contribution >= 0.6 is 23.2 Å². The zero-order chi connectivity index (χ0) is 15.4. The Morgan fingerprint density at radius 1 is 1.10 bits per heavy atom. The van der Waals surface area contributed by atoms with Gasteiger partial charge in [0, 0.05) is 12.1 Å². The van der Waals surface area contributed by atoms with Gasteiger partial charge in [-0.05, 0) is 24.3 Å². The predicted octanol–water partition coefficient (Wildman–Crippen LogP) is 3.86. The molecule has 0 amide bonds. The van der Waals surface area contributed by atoms with E-state index in [1.54, 1.807) is 36.4 Å². The van der Waals surface area contributed by atoms with Crippen LogP contribution in [0.1, 0.15) is 10.4 Å². The fourth-order valence-corrected chi connectivity index (χ4v) is 2.24. The molecule has 7 heteroatoms. The molecule has 0 aromatic heterocycles. The van der Waals surface area contributed by atoms with E-state index in [1.807, 2.05) is 0 Å². The van der Waals surface area contributed by atoms with Gasteiger partial charge < -0.3 is 14.9 Å². The van der Waals surface area contributed by atoms with E-state index in [9.17, 15) is 4.79 Å². The first kappa shape index (κ1) is 15.4. The highest BCUT2D eigenvalue weighted by atomic mass is 35.5. The molecule has 21 heavy (non-hydrogen) atoms. The Labute approximate surface area is 131 Å². The Hall–Kier alpha value is -1.95. The van der Waals surface area contributed by atoms with Crippen LogP contribution in [0.15, 0.2) is 36.4 Å². The molecule has 2 rings (SSSR count). The van der Waals surface area contributed by atoms with Crippen molar-refractivity contribution in [3.63, 3.8) is 0 Å². The van der Waals surface area contributed by atoms with E-state index < -0.39 is 5.97 Å². The summed E-state index contributed by atoms with van der Waals surface area (Å²) < 4.78 is 10.2. The molecule has 0 atom stereocenters. The zero-order valence-electron chi connectivity index (χ0n) is 11.0. The highest BCUT2D eigenvalue weighted by molar-refractivity contribution is 6.39. The van der Waals surface area contributed by atoms with Gasteiger partial charge in [0.15, 0.2) is 0 Å². The number of carbonyl (C=O) groups excluding carboxylic acids is 1. The third-order valence-corrected chi connectivity index (χ3v) is 3.27. The van der Waals surface area contributed by atoms with Crippen LogP contribution in [0.2, 0.25) is 10.0 Å². The summed E-state index contributed by atoms with van der Waals surface area (Å²) in [6.07, 6.45) is 0. The van der Waals surface area contributed by atoms with Gasteiger partial charge in [0.05, 0.1) is 28.4 Å². The third kappa shape index (κ3) is 3.58. The lowest BCUT2D eigenvalue weighted by molar-refractivity contribution is 0.0600. The van der Waals surface area contributed by atoms with E-state index in [1.165, 1.54) is 7.11 Å². The minimum absolute atomic E-state index is 0.339. The maximum Gasteiger partial charge on any atom is 0.337 e. The molecule has 0 saturated heterocycles. The molecule has 3 N–H and O–H groups in total. The molecule has 2 aromatic carbocycles. The predicted molar refractivity (Wildman–Crippen MR) is 82.1 cm³/mol. The van der Waals surface area contributed by atoms with Crippen LogP contribution in [0, 0.1) is 0 Å². The molecule has 0 aliphatic heterocycles. The molecule has 0 aliphatic carbocycles. The summed E-state index contributed by atoms with van der Waals surface area (Å²) in [4.78, 5) is 11.3. The molecular weight excluding hydrogens is 315 g/mol. The number of nitrogens with one attached hydrogen (secondary N) is 1. The van der Waals surface area contributed by atoms with Crippen LogP contribution in [-0.4, -0.2) is 13.1 Å². The number of hydrazine groups is 1. The molecule has 5 nitrogen and oxygen atoms in total. The minimum atomic E-state index is -0.411. The minimum Gasteiger partial charge on any atom is -0.465 e. The van der Waals surface area contributed by atoms with Gasteiger partial charge in [-0.15, -0.1) is 0 Å². The number of hydrogen-bond donors (Lipinski definition) is 2. The topological polar surface area (TPSA) is 73.6 Å². The number of anilines is 1. The SMILES string of the molecule is COC(=O)c1ccc(Oc2cc(Cl)c(NN)c(Cl)c2)cc1. The highest BCUT2D eigenvalue weighted by Crippen LogP contribution is 2.35. The fourth-order valence-electron chi connectivity index (χ4n) is 1.66. The van der Waals surface area contributed by atoms with Crippen LogP contribution < -0.4 is 16.0 Å². The molecular formula is C14H12Cl2N2O3. The summed E-state index contributed by atoms with van der Waals surface area (Å²) in [5.41, 5.74) is 3.27. The fraction of sp³-hybridized carbons (Fsp3) is 0.0714. The van der Waals surface area contributed by atoms with Crippen molar-refractivity contribution in [1.82, 2.24) is 0 Å². The van der Waals surface area contributed by atoms with E-state index in [4.69, 9.17) is 33.8 Å². The van der Waals surface area contributed by atoms with Crippen molar-refractivity contribution in [3.8, 4) is 11.5 Å². The number of benzene rings is 2. The van der Waals surface area contributed by atoms with Gasteiger partial charge in [0.2, 0.25) is 0 Å². The number of esters is 1. The average Bonchev–Trinajstić information content (AvgIpc) is 2.47. The molecule has 0 fully saturated rings. The second-order valence-corrected chi connectivity index (χ2v) is 4.84. The highest BCUT2D eigenvalue weighted by Gasteiger charge is 2.09. The Balaban J connectivity index is 2.20. The number of methoxy groups -OCH3 is 1. The lowest BCUT2D eigenvalue weighted by atomic mass is 10.2. The molecule has 0 radical (unpaired) electrons. The summed E-state index contributed by atoms with van der Waals surface area (Å²) in [6.45, 7) is 0. The molecule has 2 aromatic rings. The van der Waals surface area contributed by atoms with E-state index in [2.05, 4.69) is 10.2 Å². The largest absolute Gasteiger partial charge is 0.465 e. The smallest absolute Gasteiger partial charge is 0.337 e. The van der Waals surface area contributed by atoms with Gasteiger partial charge >= 0.3 is 5.97 Å². The number of halogens is 2. The quantitative estimate of drug-likeness (QED) is 0.507. The third-order valence-electron chi connectivity index (χ3n) is 2.67. The van der Waals surface area contributed by atoms with Crippen molar-refractivity contribution >= 4 is 34.9 Å². The van der Waals surface area contributed by atoms with Crippen molar-refractivity contribution in [2.75, 3.05) is 12.5 Å². The van der Waals surface area contributed by atoms with E-state index in [-0.39, 0.29) is 0 Å². The number of ether oxygens (including phenoxy) is 2. The van der Waals surface area contributed by atoms with E-state index in [0.29, 0.717) is 32.8 Å². The normalized spacial score (nSPS) is 10.1. The first-order valence-corrected chi connectivity index (χ1v) is 6.62. The Kier molecular flexibility index (Phi) is 4.90. The monoisotopic (exact) mass is 326 g/mol. The van der Waals surface area contributed by atoms with Crippen molar-refractivity contribution in [3.05, 3.63) is 52.0 Å². The van der Waals surface area contributed by atoms with Crippen molar-refractivity contribution in [1.29, 1.82) is 0 Å². The Morgan fingerprint density at radius 3 is 2.14 bits per heavy atom. The van der Waals surface area contributed by atoms with Crippen molar-refractivity contribution < 1.29 is 14.3 Å². The van der Waals surface area contributed by atoms with Crippen molar-refractivity contribution in [2.45, 2.75) is 0 Å². The number of nitrogens with two attached hydrogens (primary N) is 1. The number of hydrogen-bond acceptors (Lipinski definition) is 5. The molecule has 0 bridgehead atoms. The second kappa shape index (κ2) is 6.67. The van der Waals surface area contributed by atoms with Crippen LogP contribution in [0.3, 0.4) is 0 Å². The van der Waals surface area contributed by atoms with E-state index in [0.717, 1.165) is 0 Å². The zero-order valence-corrected chi connectivity index (χ0v) is 12.5. The van der Waals surface area contributed by atoms with Crippen LogP contribution in [0.4, 0.5) is 5.69 Å². The number of nitrogen functional groups attached to an aromatic ring is 1. The van der Waals surface area contributed by atoms with Crippen LogP contribution in [-0.2, 0) is 4.74 Å². The van der Waals surface area contributed by atoms with Gasteiger partial charge in [-0.25, -0.2) is 4.79 Å². The Bertz CT molecular complexity index is 637. The molecule has 0 saturated carbocycles.